The maximum atomic E-state index is 11.5. The van der Waals surface area contributed by atoms with Crippen molar-refractivity contribution in [1.82, 2.24) is 0 Å². The fourth-order valence-corrected chi connectivity index (χ4v) is 3.73. The Balaban J connectivity index is 4.26. The van der Waals surface area contributed by atoms with Crippen LogP contribution in [-0.2, 0) is 19.7 Å². The maximum absolute atomic E-state index is 11.5. The second-order valence-electron chi connectivity index (χ2n) is 6.35. The number of rotatable bonds is 15. The third kappa shape index (κ3) is 8.10. The topological polar surface area (TPSA) is 135 Å². The van der Waals surface area contributed by atoms with Gasteiger partial charge in [0.15, 0.2) is 0 Å². The van der Waals surface area contributed by atoms with Gasteiger partial charge in [0.1, 0.15) is 0 Å². The highest BCUT2D eigenvalue weighted by Gasteiger charge is 2.51. The van der Waals surface area contributed by atoms with E-state index < -0.39 is 33.2 Å². The first-order chi connectivity index (χ1) is 11.2. The van der Waals surface area contributed by atoms with E-state index in [9.17, 15) is 27.7 Å². The summed E-state index contributed by atoms with van der Waals surface area (Å²) < 4.78 is 29.7. The molecule has 1 atom stereocenters. The van der Waals surface area contributed by atoms with Crippen LogP contribution in [0.25, 0.3) is 0 Å². The summed E-state index contributed by atoms with van der Waals surface area (Å²) in [6.45, 7) is 2.17. The van der Waals surface area contributed by atoms with Crippen LogP contribution in [0.4, 0.5) is 0 Å². The minimum Gasteiger partial charge on any atom is -0.480 e. The Labute approximate surface area is 144 Å². The van der Waals surface area contributed by atoms with E-state index >= 15 is 0 Å². The molecule has 0 bridgehead atoms. The van der Waals surface area contributed by atoms with Gasteiger partial charge in [-0.25, -0.2) is 0 Å². The van der Waals surface area contributed by atoms with E-state index in [2.05, 4.69) is 6.92 Å². The number of nitrogens with two attached hydrogens (primary N) is 1. The zero-order valence-corrected chi connectivity index (χ0v) is 15.3. The summed E-state index contributed by atoms with van der Waals surface area (Å²) in [6.07, 6.45) is 8.80. The molecule has 0 fully saturated rings. The van der Waals surface area contributed by atoms with E-state index in [1.54, 1.807) is 0 Å². The molecule has 7 nitrogen and oxygen atoms in total. The van der Waals surface area contributed by atoms with Crippen LogP contribution in [0.1, 0.15) is 84.0 Å². The normalized spacial score (nSPS) is 14.2. The van der Waals surface area contributed by atoms with Crippen molar-refractivity contribution in [3.63, 3.8) is 0 Å². The fraction of sp³-hybridized carbons (Fsp3) is 0.875. The first-order valence-electron chi connectivity index (χ1n) is 8.66. The van der Waals surface area contributed by atoms with Gasteiger partial charge in [-0.1, -0.05) is 71.1 Å². The van der Waals surface area contributed by atoms with E-state index in [-0.39, 0.29) is 6.42 Å². The Kier molecular flexibility index (Phi) is 10.9. The van der Waals surface area contributed by atoms with Crippen LogP contribution in [0.3, 0.4) is 0 Å². The minimum atomic E-state index is -4.93. The Morgan fingerprint density at radius 3 is 1.67 bits per heavy atom. The molecule has 0 aliphatic rings. The Hall–Kier alpha value is -1.15. The lowest BCUT2D eigenvalue weighted by Crippen LogP contribution is -2.49. The van der Waals surface area contributed by atoms with E-state index in [4.69, 9.17) is 5.73 Å². The molecule has 0 radical (unpaired) electrons. The van der Waals surface area contributed by atoms with Gasteiger partial charge in [0, 0.05) is 0 Å². The second-order valence-corrected chi connectivity index (χ2v) is 8.08. The summed E-state index contributed by atoms with van der Waals surface area (Å²) in [7, 11) is -4.93. The van der Waals surface area contributed by atoms with Gasteiger partial charge in [-0.2, -0.15) is 8.42 Å². The average Bonchev–Trinajstić information content (AvgIpc) is 2.46. The van der Waals surface area contributed by atoms with E-state index in [0.717, 1.165) is 19.3 Å². The van der Waals surface area contributed by atoms with Gasteiger partial charge in [0.05, 0.1) is 6.42 Å². The number of carboxylic acids is 1. The Bertz CT molecular complexity index is 491. The minimum absolute atomic E-state index is 0.301. The zero-order chi connectivity index (χ0) is 18.6. The molecule has 0 aromatic carbocycles. The Morgan fingerprint density at radius 1 is 0.917 bits per heavy atom. The molecule has 142 valence electrons. The second kappa shape index (κ2) is 11.4. The molecule has 0 aromatic heterocycles. The van der Waals surface area contributed by atoms with Crippen LogP contribution in [0.2, 0.25) is 0 Å². The van der Waals surface area contributed by atoms with Crippen LogP contribution < -0.4 is 5.73 Å². The van der Waals surface area contributed by atoms with Gasteiger partial charge in [-0.05, 0) is 6.42 Å². The van der Waals surface area contributed by atoms with Crippen molar-refractivity contribution >= 4 is 22.0 Å². The predicted molar refractivity (Wildman–Crippen MR) is 92.2 cm³/mol. The number of carboxylic acid groups (broad SMARTS) is 1. The first kappa shape index (κ1) is 22.9. The molecule has 0 aromatic rings. The number of carbonyl (C=O) groups is 2. The SMILES string of the molecule is CCCCCCCCCCCCC(CC(N)=O)(C(=O)O)S(=O)(=O)O. The highest BCUT2D eigenvalue weighted by atomic mass is 32.2. The average molecular weight is 365 g/mol. The zero-order valence-electron chi connectivity index (χ0n) is 14.5. The summed E-state index contributed by atoms with van der Waals surface area (Å²) in [5.74, 6) is -2.80. The molecule has 0 saturated carbocycles. The lowest BCUT2D eigenvalue weighted by molar-refractivity contribution is -0.142. The number of hydrogen-bond donors (Lipinski definition) is 3. The van der Waals surface area contributed by atoms with Crippen molar-refractivity contribution in [2.45, 2.75) is 88.7 Å². The van der Waals surface area contributed by atoms with Crippen molar-refractivity contribution in [1.29, 1.82) is 0 Å². The monoisotopic (exact) mass is 365 g/mol. The van der Waals surface area contributed by atoms with Crippen molar-refractivity contribution in [2.75, 3.05) is 0 Å². The van der Waals surface area contributed by atoms with Crippen LogP contribution >= 0.6 is 0 Å². The summed E-state index contributed by atoms with van der Waals surface area (Å²) in [5, 5.41) is 9.20. The van der Waals surface area contributed by atoms with Gasteiger partial charge < -0.3 is 10.8 Å². The number of aliphatic carboxylic acids is 1. The molecule has 0 aliphatic carbocycles. The highest BCUT2D eigenvalue weighted by Crippen LogP contribution is 2.29. The molecule has 0 saturated heterocycles. The van der Waals surface area contributed by atoms with Crippen LogP contribution in [0, 0.1) is 0 Å². The summed E-state index contributed by atoms with van der Waals surface area (Å²) in [4.78, 5) is 22.4. The first-order valence-corrected chi connectivity index (χ1v) is 10.1. The van der Waals surface area contributed by atoms with Crippen molar-refractivity contribution in [2.24, 2.45) is 5.73 Å². The molecule has 8 heteroatoms. The lowest BCUT2D eigenvalue weighted by Gasteiger charge is -2.24. The van der Waals surface area contributed by atoms with Gasteiger partial charge in [0.2, 0.25) is 10.7 Å². The van der Waals surface area contributed by atoms with Gasteiger partial charge >= 0.3 is 5.97 Å². The highest BCUT2D eigenvalue weighted by molar-refractivity contribution is 7.88. The summed E-state index contributed by atoms with van der Waals surface area (Å²) >= 11 is 0. The largest absolute Gasteiger partial charge is 0.480 e. The summed E-state index contributed by atoms with van der Waals surface area (Å²) in [5.41, 5.74) is 4.96. The molecule has 0 rings (SSSR count). The molecule has 1 unspecified atom stereocenters. The lowest BCUT2D eigenvalue weighted by atomic mass is 9.95. The number of amides is 1. The van der Waals surface area contributed by atoms with Crippen molar-refractivity contribution < 1.29 is 27.7 Å². The van der Waals surface area contributed by atoms with E-state index in [1.807, 2.05) is 0 Å². The van der Waals surface area contributed by atoms with Crippen LogP contribution in [0.15, 0.2) is 0 Å². The predicted octanol–water partition coefficient (Wildman–Crippen LogP) is 2.88. The van der Waals surface area contributed by atoms with Crippen molar-refractivity contribution in [3.05, 3.63) is 0 Å². The van der Waals surface area contributed by atoms with Crippen LogP contribution in [0.5, 0.6) is 0 Å². The van der Waals surface area contributed by atoms with Gasteiger partial charge in [0.25, 0.3) is 10.1 Å². The van der Waals surface area contributed by atoms with Gasteiger partial charge in [-0.15, -0.1) is 0 Å². The summed E-state index contributed by atoms with van der Waals surface area (Å²) in [6, 6.07) is 0. The van der Waals surface area contributed by atoms with E-state index in [1.165, 1.54) is 32.1 Å². The molecule has 24 heavy (non-hydrogen) atoms. The molecule has 4 N–H and O–H groups in total. The van der Waals surface area contributed by atoms with E-state index in [0.29, 0.717) is 12.8 Å². The molecular formula is C16H31NO6S. The number of hydrogen-bond acceptors (Lipinski definition) is 4. The molecular weight excluding hydrogens is 334 g/mol. The molecule has 0 heterocycles. The number of carbonyl (C=O) groups excluding carboxylic acids is 1. The third-order valence-corrected chi connectivity index (χ3v) is 5.79. The number of primary amides is 1. The van der Waals surface area contributed by atoms with Crippen molar-refractivity contribution in [3.8, 4) is 0 Å². The third-order valence-electron chi connectivity index (χ3n) is 4.28. The smallest absolute Gasteiger partial charge is 0.328 e. The maximum Gasteiger partial charge on any atom is 0.328 e. The molecule has 1 amide bonds. The fourth-order valence-electron chi connectivity index (χ4n) is 2.78. The molecule has 0 aliphatic heterocycles. The number of unbranched alkanes of at least 4 members (excludes halogenated alkanes) is 9. The van der Waals surface area contributed by atoms with Gasteiger partial charge in [-0.3, -0.25) is 14.1 Å². The Morgan fingerprint density at radius 2 is 1.33 bits per heavy atom. The van der Waals surface area contributed by atoms with Crippen LogP contribution in [-0.4, -0.2) is 34.7 Å². The molecule has 0 spiro atoms. The standard InChI is InChI=1S/C16H31NO6S/c1-2-3-4-5-6-7-8-9-10-11-12-16(15(19)20,13-14(17)18)24(21,22)23/h2-13H2,1H3,(H2,17,18)(H,19,20)(H,21,22,23). The quantitative estimate of drug-likeness (QED) is 0.302.